The third-order valence-corrected chi connectivity index (χ3v) is 3.27. The van der Waals surface area contributed by atoms with Gasteiger partial charge in [-0.2, -0.15) is 0 Å². The highest BCUT2D eigenvalue weighted by Gasteiger charge is 2.19. The van der Waals surface area contributed by atoms with Gasteiger partial charge >= 0.3 is 0 Å². The van der Waals surface area contributed by atoms with Gasteiger partial charge in [0.15, 0.2) is 11.5 Å². The van der Waals surface area contributed by atoms with Crippen LogP contribution in [-0.2, 0) is 0 Å². The molecule has 0 bridgehead atoms. The van der Waals surface area contributed by atoms with E-state index in [4.69, 9.17) is 9.47 Å². The molecule has 1 amide bonds. The summed E-state index contributed by atoms with van der Waals surface area (Å²) in [4.78, 5) is 12.1. The molecule has 1 fully saturated rings. The Labute approximate surface area is 105 Å². The van der Waals surface area contributed by atoms with Gasteiger partial charge in [-0.3, -0.25) is 4.79 Å². The molecule has 0 aromatic heterocycles. The maximum absolute atomic E-state index is 12.1. The third kappa shape index (κ3) is 2.26. The standard InChI is InChI=1S/C13H16N2O3/c16-13(15-10-2-1-5-14-7-10)9-3-4-11-12(6-9)18-8-17-11/h3-4,6,10,14H,1-2,5,7-8H2,(H,15,16)/t10-/m0/s1. The highest BCUT2D eigenvalue weighted by atomic mass is 16.7. The molecule has 5 nitrogen and oxygen atoms in total. The number of amides is 1. The summed E-state index contributed by atoms with van der Waals surface area (Å²) in [7, 11) is 0. The number of nitrogens with one attached hydrogen (secondary N) is 2. The zero-order chi connectivity index (χ0) is 12.4. The van der Waals surface area contributed by atoms with Crippen molar-refractivity contribution in [1.82, 2.24) is 10.6 Å². The van der Waals surface area contributed by atoms with Crippen molar-refractivity contribution < 1.29 is 14.3 Å². The highest BCUT2D eigenvalue weighted by Crippen LogP contribution is 2.32. The summed E-state index contributed by atoms with van der Waals surface area (Å²) in [5.41, 5.74) is 0.616. The van der Waals surface area contributed by atoms with E-state index in [9.17, 15) is 4.79 Å². The Bertz CT molecular complexity index is 456. The molecule has 0 saturated carbocycles. The Hall–Kier alpha value is -1.75. The Morgan fingerprint density at radius 2 is 2.22 bits per heavy atom. The predicted octanol–water partition coefficient (Wildman–Crippen LogP) is 0.897. The largest absolute Gasteiger partial charge is 0.454 e. The Kier molecular flexibility index (Phi) is 3.06. The molecular weight excluding hydrogens is 232 g/mol. The number of rotatable bonds is 2. The maximum Gasteiger partial charge on any atom is 0.251 e. The average molecular weight is 248 g/mol. The molecule has 2 heterocycles. The second kappa shape index (κ2) is 4.86. The molecule has 1 atom stereocenters. The van der Waals surface area contributed by atoms with Crippen molar-refractivity contribution in [3.05, 3.63) is 23.8 Å². The van der Waals surface area contributed by atoms with Crippen molar-refractivity contribution in [2.75, 3.05) is 19.9 Å². The minimum absolute atomic E-state index is 0.0537. The molecule has 3 rings (SSSR count). The molecule has 0 unspecified atom stereocenters. The van der Waals surface area contributed by atoms with Crippen molar-refractivity contribution >= 4 is 5.91 Å². The van der Waals surface area contributed by atoms with Crippen molar-refractivity contribution in [1.29, 1.82) is 0 Å². The van der Waals surface area contributed by atoms with Crippen molar-refractivity contribution in [2.24, 2.45) is 0 Å². The van der Waals surface area contributed by atoms with E-state index in [0.717, 1.165) is 25.9 Å². The van der Waals surface area contributed by atoms with Crippen LogP contribution in [0.15, 0.2) is 18.2 Å². The van der Waals surface area contributed by atoms with E-state index < -0.39 is 0 Å². The normalized spacial score (nSPS) is 21.7. The summed E-state index contributed by atoms with van der Waals surface area (Å²) in [5, 5.41) is 6.30. The first-order valence-corrected chi connectivity index (χ1v) is 6.24. The summed E-state index contributed by atoms with van der Waals surface area (Å²) < 4.78 is 10.5. The fourth-order valence-electron chi connectivity index (χ4n) is 2.28. The van der Waals surface area contributed by atoms with Gasteiger partial charge in [-0.25, -0.2) is 0 Å². The molecular formula is C13H16N2O3. The lowest BCUT2D eigenvalue weighted by Crippen LogP contribution is -2.45. The Morgan fingerprint density at radius 1 is 1.33 bits per heavy atom. The second-order valence-corrected chi connectivity index (χ2v) is 4.58. The molecule has 2 aliphatic rings. The van der Waals surface area contributed by atoms with Crippen LogP contribution in [0.3, 0.4) is 0 Å². The van der Waals surface area contributed by atoms with Crippen molar-refractivity contribution in [3.8, 4) is 11.5 Å². The van der Waals surface area contributed by atoms with Crippen LogP contribution in [0.2, 0.25) is 0 Å². The lowest BCUT2D eigenvalue weighted by Gasteiger charge is -2.23. The van der Waals surface area contributed by atoms with Gasteiger partial charge < -0.3 is 20.1 Å². The topological polar surface area (TPSA) is 59.6 Å². The first-order chi connectivity index (χ1) is 8.83. The van der Waals surface area contributed by atoms with E-state index in [1.54, 1.807) is 18.2 Å². The molecule has 1 saturated heterocycles. The summed E-state index contributed by atoms with van der Waals surface area (Å²) in [6.45, 7) is 2.11. The number of hydrogen-bond donors (Lipinski definition) is 2. The zero-order valence-electron chi connectivity index (χ0n) is 10.1. The Balaban J connectivity index is 1.68. The summed E-state index contributed by atoms with van der Waals surface area (Å²) in [6, 6.07) is 5.49. The van der Waals surface area contributed by atoms with Crippen LogP contribution in [0.5, 0.6) is 11.5 Å². The van der Waals surface area contributed by atoms with E-state index in [1.807, 2.05) is 0 Å². The minimum atomic E-state index is -0.0537. The van der Waals surface area contributed by atoms with Crippen molar-refractivity contribution in [3.63, 3.8) is 0 Å². The minimum Gasteiger partial charge on any atom is -0.454 e. The van der Waals surface area contributed by atoms with Crippen LogP contribution in [0.4, 0.5) is 0 Å². The summed E-state index contributed by atoms with van der Waals surface area (Å²) in [6.07, 6.45) is 2.13. The maximum atomic E-state index is 12.1. The number of benzene rings is 1. The van der Waals surface area contributed by atoms with Crippen LogP contribution in [0.25, 0.3) is 0 Å². The van der Waals surface area contributed by atoms with Crippen LogP contribution in [0.1, 0.15) is 23.2 Å². The predicted molar refractivity (Wildman–Crippen MR) is 65.9 cm³/mol. The lowest BCUT2D eigenvalue weighted by molar-refractivity contribution is 0.0930. The number of piperidine rings is 1. The van der Waals surface area contributed by atoms with Gasteiger partial charge in [0, 0.05) is 18.2 Å². The van der Waals surface area contributed by atoms with E-state index in [0.29, 0.717) is 17.1 Å². The third-order valence-electron chi connectivity index (χ3n) is 3.27. The van der Waals surface area contributed by atoms with E-state index >= 15 is 0 Å². The Morgan fingerprint density at radius 3 is 3.06 bits per heavy atom. The van der Waals surface area contributed by atoms with E-state index in [-0.39, 0.29) is 18.7 Å². The molecule has 96 valence electrons. The van der Waals surface area contributed by atoms with Gasteiger partial charge in [0.05, 0.1) is 0 Å². The first kappa shape index (κ1) is 11.3. The molecule has 0 spiro atoms. The molecule has 2 aliphatic heterocycles. The number of ether oxygens (including phenoxy) is 2. The van der Waals surface area contributed by atoms with E-state index in [2.05, 4.69) is 10.6 Å². The fourth-order valence-corrected chi connectivity index (χ4v) is 2.28. The van der Waals surface area contributed by atoms with Crippen LogP contribution < -0.4 is 20.1 Å². The van der Waals surface area contributed by atoms with Gasteiger partial charge in [0.25, 0.3) is 5.91 Å². The second-order valence-electron chi connectivity index (χ2n) is 4.58. The van der Waals surface area contributed by atoms with Gasteiger partial charge in [-0.05, 0) is 37.6 Å². The van der Waals surface area contributed by atoms with E-state index in [1.165, 1.54) is 0 Å². The van der Waals surface area contributed by atoms with Gasteiger partial charge in [0.1, 0.15) is 0 Å². The summed E-state index contributed by atoms with van der Waals surface area (Å²) in [5.74, 6) is 1.29. The lowest BCUT2D eigenvalue weighted by atomic mass is 10.1. The van der Waals surface area contributed by atoms with Gasteiger partial charge in [-0.1, -0.05) is 0 Å². The molecule has 1 aromatic rings. The quantitative estimate of drug-likeness (QED) is 0.816. The van der Waals surface area contributed by atoms with Gasteiger partial charge in [0.2, 0.25) is 6.79 Å². The average Bonchev–Trinajstić information content (AvgIpc) is 2.87. The molecule has 1 aromatic carbocycles. The zero-order valence-corrected chi connectivity index (χ0v) is 10.1. The molecule has 2 N–H and O–H groups in total. The monoisotopic (exact) mass is 248 g/mol. The number of carbonyl (C=O) groups is 1. The van der Waals surface area contributed by atoms with Gasteiger partial charge in [-0.15, -0.1) is 0 Å². The van der Waals surface area contributed by atoms with Crippen LogP contribution in [0, 0.1) is 0 Å². The molecule has 0 radical (unpaired) electrons. The number of hydrogen-bond acceptors (Lipinski definition) is 4. The SMILES string of the molecule is O=C(N[C@H]1CCCNC1)c1ccc2c(c1)OCO2. The summed E-state index contributed by atoms with van der Waals surface area (Å²) >= 11 is 0. The molecule has 5 heteroatoms. The molecule has 18 heavy (non-hydrogen) atoms. The van der Waals surface area contributed by atoms with Crippen LogP contribution in [-0.4, -0.2) is 31.8 Å². The number of carbonyl (C=O) groups excluding carboxylic acids is 1. The fraction of sp³-hybridized carbons (Fsp3) is 0.462. The highest BCUT2D eigenvalue weighted by molar-refractivity contribution is 5.95. The molecule has 0 aliphatic carbocycles. The van der Waals surface area contributed by atoms with Crippen molar-refractivity contribution in [2.45, 2.75) is 18.9 Å². The first-order valence-electron chi connectivity index (χ1n) is 6.24. The number of fused-ring (bicyclic) bond motifs is 1. The smallest absolute Gasteiger partial charge is 0.251 e. The van der Waals surface area contributed by atoms with Crippen LogP contribution >= 0.6 is 0 Å².